The van der Waals surface area contributed by atoms with E-state index in [0.29, 0.717) is 6.54 Å². The summed E-state index contributed by atoms with van der Waals surface area (Å²) in [5.41, 5.74) is 5.59. The van der Waals surface area contributed by atoms with Crippen molar-refractivity contribution in [2.45, 2.75) is 36.5 Å². The third-order valence-corrected chi connectivity index (χ3v) is 4.11. The molecule has 1 aromatic rings. The number of sulfone groups is 1. The highest BCUT2D eigenvalue weighted by atomic mass is 32.2. The summed E-state index contributed by atoms with van der Waals surface area (Å²) in [4.78, 5) is -0.371. The molecule has 0 amide bonds. The molecule has 19 heavy (non-hydrogen) atoms. The third kappa shape index (κ3) is 4.14. The van der Waals surface area contributed by atoms with Crippen molar-refractivity contribution in [3.05, 3.63) is 24.3 Å². The fourth-order valence-corrected chi connectivity index (χ4v) is 2.59. The van der Waals surface area contributed by atoms with Crippen LogP contribution >= 0.6 is 0 Å². The Balaban J connectivity index is 2.97. The topological polar surface area (TPSA) is 72.2 Å². The first-order valence-electron chi connectivity index (χ1n) is 5.97. The number of anilines is 1. The predicted octanol–water partition coefficient (Wildman–Crippen LogP) is 2.22. The summed E-state index contributed by atoms with van der Waals surface area (Å²) < 4.78 is 48.2. The lowest BCUT2D eigenvalue weighted by atomic mass is 10.1. The Hall–Kier alpha value is -1.21. The van der Waals surface area contributed by atoms with Gasteiger partial charge in [0.1, 0.15) is 0 Å². The van der Waals surface area contributed by atoms with Gasteiger partial charge in [0.05, 0.1) is 10.6 Å². The van der Waals surface area contributed by atoms with E-state index >= 15 is 0 Å². The van der Waals surface area contributed by atoms with Gasteiger partial charge in [0, 0.05) is 6.04 Å². The highest BCUT2D eigenvalue weighted by molar-refractivity contribution is 7.91. The van der Waals surface area contributed by atoms with E-state index in [2.05, 4.69) is 5.32 Å². The van der Waals surface area contributed by atoms with Crippen molar-refractivity contribution in [3.8, 4) is 0 Å². The number of para-hydroxylation sites is 1. The lowest BCUT2D eigenvalue weighted by Crippen LogP contribution is -2.20. The van der Waals surface area contributed by atoms with Gasteiger partial charge in [-0.05, 0) is 38.4 Å². The van der Waals surface area contributed by atoms with Crippen molar-refractivity contribution in [1.82, 2.24) is 0 Å². The van der Waals surface area contributed by atoms with Crippen LogP contribution in [0.1, 0.15) is 19.8 Å². The molecule has 0 aromatic heterocycles. The molecule has 3 N–H and O–H groups in total. The van der Waals surface area contributed by atoms with Gasteiger partial charge in [-0.3, -0.25) is 0 Å². The monoisotopic (exact) mass is 292 g/mol. The highest BCUT2D eigenvalue weighted by Gasteiger charge is 2.29. The zero-order chi connectivity index (χ0) is 14.5. The normalized spacial score (nSPS) is 13.5. The summed E-state index contributed by atoms with van der Waals surface area (Å²) in [7, 11) is -4.59. The molecule has 4 nitrogen and oxygen atoms in total. The van der Waals surface area contributed by atoms with Gasteiger partial charge in [0.25, 0.3) is 0 Å². The molecular weight excluding hydrogens is 274 g/mol. The molecule has 0 saturated heterocycles. The van der Waals surface area contributed by atoms with Crippen molar-refractivity contribution in [1.29, 1.82) is 0 Å². The molecule has 0 spiro atoms. The molecule has 108 valence electrons. The number of rotatable bonds is 7. The minimum Gasteiger partial charge on any atom is -0.382 e. The van der Waals surface area contributed by atoms with Gasteiger partial charge in [-0.15, -0.1) is 0 Å². The molecule has 0 fully saturated rings. The molecule has 1 atom stereocenters. The second-order valence-electron chi connectivity index (χ2n) is 4.28. The van der Waals surface area contributed by atoms with E-state index in [1.165, 1.54) is 18.2 Å². The third-order valence-electron chi connectivity index (χ3n) is 2.67. The standard InChI is InChI=1S/C12H18F2N2O2S/c1-9(5-4-8-15)16-10-6-2-3-7-11(10)19(17,18)12(13)14/h2-3,6-7,9,12,16H,4-5,8,15H2,1H3. The van der Waals surface area contributed by atoms with Gasteiger partial charge in [-0.25, -0.2) is 8.42 Å². The Bertz CT molecular complexity index is 506. The summed E-state index contributed by atoms with van der Waals surface area (Å²) >= 11 is 0. The van der Waals surface area contributed by atoms with E-state index in [-0.39, 0.29) is 16.6 Å². The van der Waals surface area contributed by atoms with Crippen LogP contribution in [0.4, 0.5) is 14.5 Å². The van der Waals surface area contributed by atoms with Crippen LogP contribution in [-0.2, 0) is 9.84 Å². The number of nitrogens with one attached hydrogen (secondary N) is 1. The van der Waals surface area contributed by atoms with E-state index in [0.717, 1.165) is 12.8 Å². The summed E-state index contributed by atoms with van der Waals surface area (Å²) in [6, 6.07) is 5.64. The molecule has 1 unspecified atom stereocenters. The van der Waals surface area contributed by atoms with E-state index in [4.69, 9.17) is 5.73 Å². The van der Waals surface area contributed by atoms with E-state index < -0.39 is 15.6 Å². The van der Waals surface area contributed by atoms with E-state index in [1.807, 2.05) is 6.92 Å². The molecule has 0 saturated carbocycles. The number of hydrogen-bond acceptors (Lipinski definition) is 4. The van der Waals surface area contributed by atoms with E-state index in [9.17, 15) is 17.2 Å². The second-order valence-corrected chi connectivity index (χ2v) is 6.16. The Labute approximate surface area is 111 Å². The van der Waals surface area contributed by atoms with Gasteiger partial charge in [0.15, 0.2) is 0 Å². The maximum atomic E-state index is 12.6. The SMILES string of the molecule is CC(CCCN)Nc1ccccc1S(=O)(=O)C(F)F. The summed E-state index contributed by atoms with van der Waals surface area (Å²) in [5.74, 6) is -3.42. The van der Waals surface area contributed by atoms with Gasteiger partial charge in [-0.2, -0.15) is 8.78 Å². The van der Waals surface area contributed by atoms with Crippen LogP contribution in [-0.4, -0.2) is 26.8 Å². The van der Waals surface area contributed by atoms with Crippen LogP contribution in [0.15, 0.2) is 29.2 Å². The van der Waals surface area contributed by atoms with Gasteiger partial charge >= 0.3 is 5.76 Å². The lowest BCUT2D eigenvalue weighted by Gasteiger charge is -2.17. The van der Waals surface area contributed by atoms with Crippen molar-refractivity contribution in [2.24, 2.45) is 5.73 Å². The van der Waals surface area contributed by atoms with Crippen molar-refractivity contribution < 1.29 is 17.2 Å². The summed E-state index contributed by atoms with van der Waals surface area (Å²) in [6.45, 7) is 2.38. The minimum absolute atomic E-state index is 0.0439. The molecule has 0 aliphatic rings. The van der Waals surface area contributed by atoms with Gasteiger partial charge < -0.3 is 11.1 Å². The van der Waals surface area contributed by atoms with Crippen LogP contribution in [0, 0.1) is 0 Å². The number of nitrogens with two attached hydrogens (primary N) is 1. The van der Waals surface area contributed by atoms with Crippen LogP contribution in [0.3, 0.4) is 0 Å². The Morgan fingerprint density at radius 1 is 1.32 bits per heavy atom. The maximum absolute atomic E-state index is 12.6. The van der Waals surface area contributed by atoms with E-state index in [1.54, 1.807) is 6.07 Å². The number of hydrogen-bond donors (Lipinski definition) is 2. The molecule has 0 radical (unpaired) electrons. The van der Waals surface area contributed by atoms with Crippen LogP contribution in [0.25, 0.3) is 0 Å². The molecule has 0 aliphatic carbocycles. The smallest absolute Gasteiger partial charge is 0.341 e. The molecule has 0 heterocycles. The molecule has 0 aliphatic heterocycles. The van der Waals surface area contributed by atoms with Crippen LogP contribution in [0.2, 0.25) is 0 Å². The number of halogens is 2. The summed E-state index contributed by atoms with van der Waals surface area (Å²) in [5, 5.41) is 2.94. The zero-order valence-electron chi connectivity index (χ0n) is 10.6. The summed E-state index contributed by atoms with van der Waals surface area (Å²) in [6.07, 6.45) is 1.51. The van der Waals surface area contributed by atoms with Crippen molar-refractivity contribution in [3.63, 3.8) is 0 Å². The van der Waals surface area contributed by atoms with Crippen LogP contribution < -0.4 is 11.1 Å². The first-order chi connectivity index (χ1) is 8.89. The Morgan fingerprint density at radius 2 is 1.95 bits per heavy atom. The average Bonchev–Trinajstić information content (AvgIpc) is 2.36. The minimum atomic E-state index is -4.59. The molecule has 1 aromatic carbocycles. The van der Waals surface area contributed by atoms with Crippen molar-refractivity contribution >= 4 is 15.5 Å². The van der Waals surface area contributed by atoms with Crippen LogP contribution in [0.5, 0.6) is 0 Å². The van der Waals surface area contributed by atoms with Crippen molar-refractivity contribution in [2.75, 3.05) is 11.9 Å². The van der Waals surface area contributed by atoms with Gasteiger partial charge in [0.2, 0.25) is 9.84 Å². The number of alkyl halides is 2. The molecule has 0 bridgehead atoms. The maximum Gasteiger partial charge on any atom is 0.341 e. The molecule has 7 heteroatoms. The predicted molar refractivity (Wildman–Crippen MR) is 71.0 cm³/mol. The Kier molecular flexibility index (Phi) is 5.68. The zero-order valence-corrected chi connectivity index (χ0v) is 11.5. The molecule has 1 rings (SSSR count). The quantitative estimate of drug-likeness (QED) is 0.808. The number of benzene rings is 1. The Morgan fingerprint density at radius 3 is 2.53 bits per heavy atom. The molecular formula is C12H18F2N2O2S. The second kappa shape index (κ2) is 6.81. The first-order valence-corrected chi connectivity index (χ1v) is 7.52. The fourth-order valence-electron chi connectivity index (χ4n) is 1.69. The fraction of sp³-hybridized carbons (Fsp3) is 0.500. The highest BCUT2D eigenvalue weighted by Crippen LogP contribution is 2.26. The average molecular weight is 292 g/mol. The lowest BCUT2D eigenvalue weighted by molar-refractivity contribution is 0.235. The largest absolute Gasteiger partial charge is 0.382 e. The first kappa shape index (κ1) is 15.8. The van der Waals surface area contributed by atoms with Gasteiger partial charge in [-0.1, -0.05) is 12.1 Å².